The molecule has 0 bridgehead atoms. The maximum Gasteiger partial charge on any atom is 0.254 e. The van der Waals surface area contributed by atoms with Gasteiger partial charge in [0.1, 0.15) is 6.10 Å². The van der Waals surface area contributed by atoms with Crippen LogP contribution in [0.3, 0.4) is 0 Å². The number of rotatable bonds is 3. The van der Waals surface area contributed by atoms with Crippen LogP contribution in [0.25, 0.3) is 11.3 Å². The Morgan fingerprint density at radius 1 is 1.07 bits per heavy atom. The number of hydrogen-bond donors (Lipinski definition) is 0. The molecule has 5 nitrogen and oxygen atoms in total. The highest BCUT2D eigenvalue weighted by Gasteiger charge is 2.29. The van der Waals surface area contributed by atoms with E-state index in [9.17, 15) is 4.79 Å². The van der Waals surface area contributed by atoms with Crippen molar-refractivity contribution in [3.05, 3.63) is 83.3 Å². The standard InChI is InChI=1S/C21H18ClN3O2/c22-17-8-4-7-16(13-17)19-20(24-10-9-23-19)18-14-25(11-12-27-18)21(26)15-5-2-1-3-6-15/h1-10,13,18H,11-12,14H2/t18-/m0/s1. The second kappa shape index (κ2) is 7.86. The predicted molar refractivity (Wildman–Crippen MR) is 104 cm³/mol. The molecule has 136 valence electrons. The second-order valence-corrected chi connectivity index (χ2v) is 6.71. The van der Waals surface area contributed by atoms with E-state index in [0.717, 1.165) is 11.3 Å². The number of carbonyl (C=O) groups excluding carboxylic acids is 1. The Kier molecular flexibility index (Phi) is 5.14. The van der Waals surface area contributed by atoms with Gasteiger partial charge in [0, 0.05) is 35.1 Å². The molecule has 1 saturated heterocycles. The van der Waals surface area contributed by atoms with Crippen LogP contribution in [0.1, 0.15) is 22.2 Å². The van der Waals surface area contributed by atoms with Crippen molar-refractivity contribution < 1.29 is 9.53 Å². The van der Waals surface area contributed by atoms with Gasteiger partial charge in [0.25, 0.3) is 5.91 Å². The lowest BCUT2D eigenvalue weighted by Crippen LogP contribution is -2.42. The van der Waals surface area contributed by atoms with Crippen molar-refractivity contribution in [1.29, 1.82) is 0 Å². The van der Waals surface area contributed by atoms with E-state index in [1.54, 1.807) is 17.3 Å². The Morgan fingerprint density at radius 2 is 1.89 bits per heavy atom. The van der Waals surface area contributed by atoms with Crippen LogP contribution in [0.15, 0.2) is 67.0 Å². The fourth-order valence-electron chi connectivity index (χ4n) is 3.21. The van der Waals surface area contributed by atoms with E-state index in [1.807, 2.05) is 54.6 Å². The van der Waals surface area contributed by atoms with Crippen LogP contribution in [0.2, 0.25) is 5.02 Å². The molecule has 27 heavy (non-hydrogen) atoms. The lowest BCUT2D eigenvalue weighted by atomic mass is 10.0. The van der Waals surface area contributed by atoms with E-state index in [0.29, 0.717) is 36.0 Å². The van der Waals surface area contributed by atoms with Crippen molar-refractivity contribution in [3.63, 3.8) is 0 Å². The van der Waals surface area contributed by atoms with Gasteiger partial charge in [-0.25, -0.2) is 0 Å². The van der Waals surface area contributed by atoms with Crippen molar-refractivity contribution >= 4 is 17.5 Å². The molecule has 1 aromatic heterocycles. The number of morpholine rings is 1. The van der Waals surface area contributed by atoms with Crippen LogP contribution in [0.5, 0.6) is 0 Å². The minimum atomic E-state index is -0.339. The number of hydrogen-bond acceptors (Lipinski definition) is 4. The average molecular weight is 380 g/mol. The zero-order valence-corrected chi connectivity index (χ0v) is 15.3. The lowest BCUT2D eigenvalue weighted by Gasteiger charge is -2.33. The van der Waals surface area contributed by atoms with Crippen molar-refractivity contribution in [2.75, 3.05) is 19.7 Å². The van der Waals surface area contributed by atoms with Crippen molar-refractivity contribution in [2.24, 2.45) is 0 Å². The predicted octanol–water partition coefficient (Wildman–Crippen LogP) is 4.01. The molecule has 0 saturated carbocycles. The summed E-state index contributed by atoms with van der Waals surface area (Å²) in [7, 11) is 0. The van der Waals surface area contributed by atoms with E-state index in [-0.39, 0.29) is 12.0 Å². The number of carbonyl (C=O) groups is 1. The van der Waals surface area contributed by atoms with Crippen LogP contribution in [-0.2, 0) is 4.74 Å². The minimum Gasteiger partial charge on any atom is -0.368 e. The molecule has 6 heteroatoms. The van der Waals surface area contributed by atoms with Crippen LogP contribution in [0, 0.1) is 0 Å². The monoisotopic (exact) mass is 379 g/mol. The zero-order valence-electron chi connectivity index (χ0n) is 14.6. The summed E-state index contributed by atoms with van der Waals surface area (Å²) in [4.78, 5) is 23.6. The normalized spacial score (nSPS) is 16.9. The molecular formula is C21H18ClN3O2. The second-order valence-electron chi connectivity index (χ2n) is 6.28. The van der Waals surface area contributed by atoms with Gasteiger partial charge in [-0.15, -0.1) is 0 Å². The Morgan fingerprint density at radius 3 is 2.70 bits per heavy atom. The molecule has 0 spiro atoms. The largest absolute Gasteiger partial charge is 0.368 e. The van der Waals surface area contributed by atoms with Gasteiger partial charge in [-0.3, -0.25) is 14.8 Å². The highest BCUT2D eigenvalue weighted by molar-refractivity contribution is 6.30. The van der Waals surface area contributed by atoms with Crippen LogP contribution >= 0.6 is 11.6 Å². The summed E-state index contributed by atoms with van der Waals surface area (Å²) in [5.74, 6) is -0.00269. The molecule has 0 aliphatic carbocycles. The molecule has 1 atom stereocenters. The smallest absolute Gasteiger partial charge is 0.254 e. The fraction of sp³-hybridized carbons (Fsp3) is 0.190. The van der Waals surface area contributed by atoms with E-state index >= 15 is 0 Å². The summed E-state index contributed by atoms with van der Waals surface area (Å²) in [6.07, 6.45) is 2.95. The SMILES string of the molecule is O=C(c1ccccc1)N1CCO[C@H](c2nccnc2-c2cccc(Cl)c2)C1. The maximum absolute atomic E-state index is 12.8. The van der Waals surface area contributed by atoms with Crippen molar-refractivity contribution in [3.8, 4) is 11.3 Å². The van der Waals surface area contributed by atoms with Gasteiger partial charge in [-0.05, 0) is 24.3 Å². The Balaban J connectivity index is 1.62. The van der Waals surface area contributed by atoms with Crippen molar-refractivity contribution in [2.45, 2.75) is 6.10 Å². The summed E-state index contributed by atoms with van der Waals surface area (Å²) in [5, 5.41) is 0.634. The van der Waals surface area contributed by atoms with Gasteiger partial charge >= 0.3 is 0 Å². The first-order valence-electron chi connectivity index (χ1n) is 8.75. The van der Waals surface area contributed by atoms with Gasteiger partial charge in [0.15, 0.2) is 0 Å². The van der Waals surface area contributed by atoms with E-state index in [2.05, 4.69) is 9.97 Å². The molecule has 0 unspecified atom stereocenters. The average Bonchev–Trinajstić information content (AvgIpc) is 2.74. The van der Waals surface area contributed by atoms with E-state index in [4.69, 9.17) is 16.3 Å². The van der Waals surface area contributed by atoms with Gasteiger partial charge in [-0.2, -0.15) is 0 Å². The molecule has 0 radical (unpaired) electrons. The van der Waals surface area contributed by atoms with E-state index < -0.39 is 0 Å². The summed E-state index contributed by atoms with van der Waals surface area (Å²) < 4.78 is 5.94. The summed E-state index contributed by atoms with van der Waals surface area (Å²) in [6.45, 7) is 1.44. The summed E-state index contributed by atoms with van der Waals surface area (Å²) >= 11 is 6.13. The molecule has 2 heterocycles. The highest BCUT2D eigenvalue weighted by atomic mass is 35.5. The molecule has 1 amide bonds. The third kappa shape index (κ3) is 3.84. The third-order valence-corrected chi connectivity index (χ3v) is 4.74. The number of nitrogens with zero attached hydrogens (tertiary/aromatic N) is 3. The Bertz CT molecular complexity index is 949. The molecule has 1 aliphatic rings. The first kappa shape index (κ1) is 17.6. The molecule has 1 fully saturated rings. The topological polar surface area (TPSA) is 55.3 Å². The molecule has 3 aromatic rings. The Labute approximate surface area is 162 Å². The number of amides is 1. The first-order chi connectivity index (χ1) is 13.2. The Hall–Kier alpha value is -2.76. The van der Waals surface area contributed by atoms with Crippen LogP contribution in [0.4, 0.5) is 0 Å². The van der Waals surface area contributed by atoms with Gasteiger partial charge in [-0.1, -0.05) is 41.9 Å². The lowest BCUT2D eigenvalue weighted by molar-refractivity contribution is -0.0246. The summed E-state index contributed by atoms with van der Waals surface area (Å²) in [6, 6.07) is 16.8. The fourth-order valence-corrected chi connectivity index (χ4v) is 3.40. The van der Waals surface area contributed by atoms with Gasteiger partial charge in [0.05, 0.1) is 24.5 Å². The zero-order chi connectivity index (χ0) is 18.6. The number of aromatic nitrogens is 2. The maximum atomic E-state index is 12.8. The van der Waals surface area contributed by atoms with Crippen molar-refractivity contribution in [1.82, 2.24) is 14.9 Å². The van der Waals surface area contributed by atoms with Gasteiger partial charge < -0.3 is 9.64 Å². The highest BCUT2D eigenvalue weighted by Crippen LogP contribution is 2.30. The minimum absolute atomic E-state index is 0.00269. The first-order valence-corrected chi connectivity index (χ1v) is 9.13. The molecule has 0 N–H and O–H groups in total. The molecule has 4 rings (SSSR count). The number of benzene rings is 2. The number of halogens is 1. The molecule has 2 aromatic carbocycles. The summed E-state index contributed by atoms with van der Waals surface area (Å²) in [5.41, 5.74) is 2.98. The van der Waals surface area contributed by atoms with Crippen LogP contribution in [-0.4, -0.2) is 40.5 Å². The van der Waals surface area contributed by atoms with Gasteiger partial charge in [0.2, 0.25) is 0 Å². The van der Waals surface area contributed by atoms with E-state index in [1.165, 1.54) is 0 Å². The molecular weight excluding hydrogens is 362 g/mol. The third-order valence-electron chi connectivity index (χ3n) is 4.50. The van der Waals surface area contributed by atoms with Crippen LogP contribution < -0.4 is 0 Å². The number of ether oxygens (including phenoxy) is 1. The quantitative estimate of drug-likeness (QED) is 0.690. The molecule has 1 aliphatic heterocycles.